The number of nitrogens with zero attached hydrogens (tertiary/aromatic N) is 1. The highest BCUT2D eigenvalue weighted by molar-refractivity contribution is 8.03. The summed E-state index contributed by atoms with van der Waals surface area (Å²) in [6.07, 6.45) is 0.189. The maximum Gasteiger partial charge on any atom is 0.138 e. The van der Waals surface area contributed by atoms with Crippen LogP contribution in [-0.2, 0) is 0 Å². The first-order valence-corrected chi connectivity index (χ1v) is 4.86. The fraction of sp³-hybridized carbons (Fsp3) is 0.300. The van der Waals surface area contributed by atoms with Gasteiger partial charge in [-0.1, -0.05) is 0 Å². The van der Waals surface area contributed by atoms with Crippen molar-refractivity contribution >= 4 is 11.8 Å². The summed E-state index contributed by atoms with van der Waals surface area (Å²) >= 11 is 1.15. The number of nitriles is 1. The Morgan fingerprint density at radius 2 is 1.92 bits per heavy atom. The molecule has 0 aliphatic rings. The quantitative estimate of drug-likeness (QED) is 0.546. The number of hydrogen-bond donors (Lipinski definition) is 0. The highest BCUT2D eigenvalue weighted by atomic mass is 32.2. The molecule has 0 aliphatic heterocycles. The van der Waals surface area contributed by atoms with Gasteiger partial charge < -0.3 is 4.74 Å². The third-order valence-corrected chi connectivity index (χ3v) is 1.96. The maximum atomic E-state index is 8.42. The smallest absolute Gasteiger partial charge is 0.138 e. The van der Waals surface area contributed by atoms with E-state index in [9.17, 15) is 0 Å². The molecule has 0 saturated heterocycles. The normalized spacial score (nSPS) is 9.69. The van der Waals surface area contributed by atoms with Crippen LogP contribution in [0.15, 0.2) is 29.2 Å². The second kappa shape index (κ2) is 4.78. The van der Waals surface area contributed by atoms with Gasteiger partial charge in [-0.05, 0) is 49.9 Å². The standard InChI is InChI=1S/C10H11NOS/c1-8(2)12-9-3-5-10(6-4-9)13-7-11/h3-6,8H,1-2H3. The molecule has 0 spiro atoms. The molecule has 0 aromatic heterocycles. The predicted octanol–water partition coefficient (Wildman–Crippen LogP) is 3.05. The second-order valence-corrected chi connectivity index (χ2v) is 3.69. The van der Waals surface area contributed by atoms with E-state index in [0.29, 0.717) is 0 Å². The van der Waals surface area contributed by atoms with Crippen molar-refractivity contribution in [2.45, 2.75) is 24.8 Å². The van der Waals surface area contributed by atoms with E-state index in [-0.39, 0.29) is 6.10 Å². The van der Waals surface area contributed by atoms with E-state index in [1.807, 2.05) is 43.5 Å². The minimum atomic E-state index is 0.189. The van der Waals surface area contributed by atoms with Crippen LogP contribution in [0.4, 0.5) is 0 Å². The number of thiocyanates is 1. The predicted molar refractivity (Wildman–Crippen MR) is 53.7 cm³/mol. The summed E-state index contributed by atoms with van der Waals surface area (Å²) in [5.41, 5.74) is 0. The molecule has 0 N–H and O–H groups in total. The number of ether oxygens (including phenoxy) is 1. The van der Waals surface area contributed by atoms with Gasteiger partial charge in [-0.3, -0.25) is 0 Å². The zero-order chi connectivity index (χ0) is 9.68. The lowest BCUT2D eigenvalue weighted by Gasteiger charge is -2.08. The molecule has 0 aliphatic carbocycles. The fourth-order valence-corrected chi connectivity index (χ4v) is 1.29. The Morgan fingerprint density at radius 1 is 1.31 bits per heavy atom. The molecule has 0 heterocycles. The van der Waals surface area contributed by atoms with Gasteiger partial charge in [0.15, 0.2) is 0 Å². The number of hydrogen-bond acceptors (Lipinski definition) is 3. The van der Waals surface area contributed by atoms with Crippen LogP contribution in [-0.4, -0.2) is 6.10 Å². The first-order chi connectivity index (χ1) is 6.22. The van der Waals surface area contributed by atoms with Crippen LogP contribution in [0.5, 0.6) is 5.75 Å². The lowest BCUT2D eigenvalue weighted by atomic mass is 10.3. The number of rotatable bonds is 3. The van der Waals surface area contributed by atoms with Gasteiger partial charge in [-0.25, -0.2) is 0 Å². The third kappa shape index (κ3) is 3.39. The third-order valence-electron chi connectivity index (χ3n) is 1.36. The van der Waals surface area contributed by atoms with Crippen molar-refractivity contribution in [2.75, 3.05) is 0 Å². The molecule has 1 aromatic rings. The molecule has 0 radical (unpaired) electrons. The monoisotopic (exact) mass is 193 g/mol. The van der Waals surface area contributed by atoms with Gasteiger partial charge in [-0.15, -0.1) is 0 Å². The zero-order valence-corrected chi connectivity index (χ0v) is 8.47. The van der Waals surface area contributed by atoms with Crippen molar-refractivity contribution < 1.29 is 4.74 Å². The Morgan fingerprint density at radius 3 is 2.38 bits per heavy atom. The first kappa shape index (κ1) is 9.94. The van der Waals surface area contributed by atoms with E-state index >= 15 is 0 Å². The molecule has 0 bridgehead atoms. The molecular weight excluding hydrogens is 182 g/mol. The number of benzene rings is 1. The van der Waals surface area contributed by atoms with Crippen LogP contribution < -0.4 is 4.74 Å². The second-order valence-electron chi connectivity index (χ2n) is 2.83. The Labute approximate surface area is 82.5 Å². The first-order valence-electron chi connectivity index (χ1n) is 4.05. The zero-order valence-electron chi connectivity index (χ0n) is 7.65. The van der Waals surface area contributed by atoms with Crippen LogP contribution in [0.2, 0.25) is 0 Å². The molecule has 68 valence electrons. The van der Waals surface area contributed by atoms with Crippen LogP contribution in [0.3, 0.4) is 0 Å². The van der Waals surface area contributed by atoms with E-state index in [1.165, 1.54) is 0 Å². The highest BCUT2D eigenvalue weighted by Crippen LogP contribution is 2.20. The molecule has 13 heavy (non-hydrogen) atoms. The molecule has 3 heteroatoms. The van der Waals surface area contributed by atoms with Crippen molar-refractivity contribution in [1.29, 1.82) is 5.26 Å². The minimum Gasteiger partial charge on any atom is -0.491 e. The van der Waals surface area contributed by atoms with Gasteiger partial charge in [-0.2, -0.15) is 5.26 Å². The average molecular weight is 193 g/mol. The average Bonchev–Trinajstić information content (AvgIpc) is 2.08. The summed E-state index contributed by atoms with van der Waals surface area (Å²) in [5.74, 6) is 0.845. The fourth-order valence-electron chi connectivity index (χ4n) is 0.911. The van der Waals surface area contributed by atoms with Gasteiger partial charge in [0.25, 0.3) is 0 Å². The van der Waals surface area contributed by atoms with E-state index in [4.69, 9.17) is 10.00 Å². The molecule has 0 amide bonds. The molecule has 1 rings (SSSR count). The van der Waals surface area contributed by atoms with Gasteiger partial charge in [0, 0.05) is 4.90 Å². The van der Waals surface area contributed by atoms with Gasteiger partial charge in [0.05, 0.1) is 6.10 Å². The summed E-state index contributed by atoms with van der Waals surface area (Å²) < 4.78 is 5.46. The topological polar surface area (TPSA) is 33.0 Å². The van der Waals surface area contributed by atoms with Crippen molar-refractivity contribution in [3.05, 3.63) is 24.3 Å². The summed E-state index contributed by atoms with van der Waals surface area (Å²) in [7, 11) is 0. The summed E-state index contributed by atoms with van der Waals surface area (Å²) in [6, 6.07) is 7.51. The van der Waals surface area contributed by atoms with Gasteiger partial charge >= 0.3 is 0 Å². The summed E-state index contributed by atoms with van der Waals surface area (Å²) in [6.45, 7) is 3.97. The number of thioether (sulfide) groups is 1. The molecule has 0 unspecified atom stereocenters. The molecule has 0 atom stereocenters. The molecular formula is C10H11NOS. The Bertz CT molecular complexity index is 300. The van der Waals surface area contributed by atoms with Crippen LogP contribution >= 0.6 is 11.8 Å². The van der Waals surface area contributed by atoms with Crippen molar-refractivity contribution in [3.8, 4) is 11.2 Å². The summed E-state index contributed by atoms with van der Waals surface area (Å²) in [5, 5.41) is 10.4. The minimum absolute atomic E-state index is 0.189. The lowest BCUT2D eigenvalue weighted by Crippen LogP contribution is -2.04. The van der Waals surface area contributed by atoms with Crippen molar-refractivity contribution in [2.24, 2.45) is 0 Å². The molecule has 0 fully saturated rings. The maximum absolute atomic E-state index is 8.42. The largest absolute Gasteiger partial charge is 0.491 e. The lowest BCUT2D eigenvalue weighted by molar-refractivity contribution is 0.242. The van der Waals surface area contributed by atoms with Crippen LogP contribution in [0, 0.1) is 10.7 Å². The highest BCUT2D eigenvalue weighted by Gasteiger charge is 1.97. The summed E-state index contributed by atoms with van der Waals surface area (Å²) in [4.78, 5) is 0.943. The van der Waals surface area contributed by atoms with Crippen molar-refractivity contribution in [3.63, 3.8) is 0 Å². The Kier molecular flexibility index (Phi) is 3.66. The molecule has 1 aromatic carbocycles. The Hall–Kier alpha value is -1.14. The van der Waals surface area contributed by atoms with Crippen LogP contribution in [0.1, 0.15) is 13.8 Å². The van der Waals surface area contributed by atoms with E-state index < -0.39 is 0 Å². The Balaban J connectivity index is 2.65. The van der Waals surface area contributed by atoms with E-state index in [2.05, 4.69) is 0 Å². The van der Waals surface area contributed by atoms with Crippen LogP contribution in [0.25, 0.3) is 0 Å². The molecule has 0 saturated carbocycles. The SMILES string of the molecule is CC(C)Oc1ccc(SC#N)cc1. The molecule has 2 nitrogen and oxygen atoms in total. The van der Waals surface area contributed by atoms with E-state index in [0.717, 1.165) is 22.4 Å². The van der Waals surface area contributed by atoms with Gasteiger partial charge in [0.2, 0.25) is 0 Å². The van der Waals surface area contributed by atoms with E-state index in [1.54, 1.807) is 0 Å². The van der Waals surface area contributed by atoms with Gasteiger partial charge in [0.1, 0.15) is 11.2 Å². The van der Waals surface area contributed by atoms with Crippen molar-refractivity contribution in [1.82, 2.24) is 0 Å².